The van der Waals surface area contributed by atoms with Crippen LogP contribution in [-0.2, 0) is 26.5 Å². The topological polar surface area (TPSA) is 52.8 Å². The van der Waals surface area contributed by atoms with Gasteiger partial charge in [-0.1, -0.05) is 49.0 Å². The van der Waals surface area contributed by atoms with Gasteiger partial charge in [-0.25, -0.2) is 0 Å². The summed E-state index contributed by atoms with van der Waals surface area (Å²) in [5.41, 5.74) is 4.80. The minimum Gasteiger partial charge on any atom is -0.573 e. The van der Waals surface area contributed by atoms with Crippen molar-refractivity contribution in [3.8, 4) is 22.6 Å². The summed E-state index contributed by atoms with van der Waals surface area (Å²) < 4.78 is 0. The Hall–Kier alpha value is -3.14. The molecule has 0 saturated carbocycles. The molecule has 0 aliphatic carbocycles. The number of nitrogens with zero attached hydrogens (tertiary/aromatic N) is 4. The summed E-state index contributed by atoms with van der Waals surface area (Å²) in [5, 5.41) is 10.5. The molecule has 2 aromatic carbocycles. The third-order valence-corrected chi connectivity index (χ3v) is 4.52. The van der Waals surface area contributed by atoms with Crippen molar-refractivity contribution in [1.29, 1.82) is 0 Å². The van der Waals surface area contributed by atoms with Crippen molar-refractivity contribution in [2.24, 2.45) is 0 Å². The van der Waals surface area contributed by atoms with Crippen LogP contribution >= 0.6 is 0 Å². The number of aromatic nitrogens is 4. The molecule has 0 saturated heterocycles. The molecule has 0 atom stereocenters. The van der Waals surface area contributed by atoms with E-state index in [1.165, 1.54) is 10.8 Å². The predicted molar refractivity (Wildman–Crippen MR) is 116 cm³/mol. The standard InChI is InChI=1S/C15H10N.C10H10N3.Ir/c1-2-7-13(8-3-1)15-14-9-5-4-6-12(14)10-11-16-15;1-2-8-7-10(13-12-8)9-5-3-4-6-11-9;/h1-7,9-11H;3-7H,2H2,1H3;/q2*-1;. The first kappa shape index (κ1) is 21.6. The molecular weight excluding hydrogens is 549 g/mol. The monoisotopic (exact) mass is 569 g/mol. The van der Waals surface area contributed by atoms with E-state index in [9.17, 15) is 0 Å². The number of aryl methyl sites for hydroxylation is 1. The van der Waals surface area contributed by atoms with Gasteiger partial charge in [0.1, 0.15) is 0 Å². The molecule has 0 aliphatic heterocycles. The zero-order valence-corrected chi connectivity index (χ0v) is 18.9. The van der Waals surface area contributed by atoms with Crippen LogP contribution in [0.25, 0.3) is 33.4 Å². The fourth-order valence-corrected chi connectivity index (χ4v) is 3.02. The molecule has 3 aromatic heterocycles. The van der Waals surface area contributed by atoms with E-state index in [1.807, 2.05) is 72.9 Å². The summed E-state index contributed by atoms with van der Waals surface area (Å²) in [4.78, 5) is 8.64. The summed E-state index contributed by atoms with van der Waals surface area (Å²) in [6.45, 7) is 2.06. The summed E-state index contributed by atoms with van der Waals surface area (Å²) in [6.07, 6.45) is 4.52. The van der Waals surface area contributed by atoms with Crippen molar-refractivity contribution in [3.63, 3.8) is 0 Å². The molecule has 151 valence electrons. The van der Waals surface area contributed by atoms with E-state index in [2.05, 4.69) is 45.3 Å². The molecule has 0 unspecified atom stereocenters. The number of hydrogen-bond acceptors (Lipinski definition) is 3. The Balaban J connectivity index is 0.000000169. The van der Waals surface area contributed by atoms with Gasteiger partial charge in [0.05, 0.1) is 0 Å². The first-order valence-corrected chi connectivity index (χ1v) is 9.56. The number of pyridine rings is 2. The van der Waals surface area contributed by atoms with Crippen molar-refractivity contribution in [2.75, 3.05) is 0 Å². The molecule has 3 heterocycles. The summed E-state index contributed by atoms with van der Waals surface area (Å²) in [7, 11) is 0. The van der Waals surface area contributed by atoms with E-state index >= 15 is 0 Å². The van der Waals surface area contributed by atoms with E-state index in [0.29, 0.717) is 0 Å². The molecule has 0 fully saturated rings. The summed E-state index contributed by atoms with van der Waals surface area (Å²) in [6, 6.07) is 29.2. The van der Waals surface area contributed by atoms with Gasteiger partial charge in [0.25, 0.3) is 0 Å². The second-order valence-electron chi connectivity index (χ2n) is 6.45. The van der Waals surface area contributed by atoms with Gasteiger partial charge in [-0.2, -0.15) is 0 Å². The molecule has 30 heavy (non-hydrogen) atoms. The Morgan fingerprint density at radius 3 is 2.43 bits per heavy atom. The van der Waals surface area contributed by atoms with Crippen molar-refractivity contribution >= 4 is 10.8 Å². The molecule has 0 bridgehead atoms. The Kier molecular flexibility index (Phi) is 7.61. The van der Waals surface area contributed by atoms with Crippen molar-refractivity contribution in [1.82, 2.24) is 20.2 Å². The minimum absolute atomic E-state index is 0. The Morgan fingerprint density at radius 1 is 0.867 bits per heavy atom. The Morgan fingerprint density at radius 2 is 1.70 bits per heavy atom. The molecule has 5 heteroatoms. The quantitative estimate of drug-likeness (QED) is 0.275. The Bertz CT molecular complexity index is 1180. The van der Waals surface area contributed by atoms with Crippen LogP contribution in [0.1, 0.15) is 12.6 Å². The van der Waals surface area contributed by atoms with Gasteiger partial charge < -0.3 is 15.2 Å². The average Bonchev–Trinajstić information content (AvgIpc) is 3.30. The van der Waals surface area contributed by atoms with Crippen LogP contribution in [0.2, 0.25) is 0 Å². The fourth-order valence-electron chi connectivity index (χ4n) is 3.02. The Labute approximate surface area is 189 Å². The van der Waals surface area contributed by atoms with Gasteiger partial charge in [0.15, 0.2) is 0 Å². The van der Waals surface area contributed by atoms with Gasteiger partial charge in [0.2, 0.25) is 0 Å². The van der Waals surface area contributed by atoms with Crippen LogP contribution in [-0.4, -0.2) is 15.1 Å². The number of rotatable bonds is 3. The third kappa shape index (κ3) is 5.06. The van der Waals surface area contributed by atoms with Crippen LogP contribution in [0.15, 0.2) is 91.3 Å². The van der Waals surface area contributed by atoms with Gasteiger partial charge in [0, 0.05) is 43.9 Å². The fraction of sp³-hybridized carbons (Fsp3) is 0.0800. The molecule has 5 rings (SSSR count). The van der Waals surface area contributed by atoms with Crippen molar-refractivity contribution in [3.05, 3.63) is 103 Å². The van der Waals surface area contributed by atoms with Crippen molar-refractivity contribution < 1.29 is 20.1 Å². The maximum atomic E-state index is 4.45. The second kappa shape index (κ2) is 10.6. The van der Waals surface area contributed by atoms with E-state index in [0.717, 1.165) is 34.8 Å². The molecule has 0 N–H and O–H groups in total. The molecule has 0 aliphatic rings. The zero-order valence-electron chi connectivity index (χ0n) is 16.5. The average molecular weight is 569 g/mol. The van der Waals surface area contributed by atoms with Gasteiger partial charge in [-0.3, -0.25) is 4.98 Å². The second-order valence-corrected chi connectivity index (χ2v) is 6.45. The van der Waals surface area contributed by atoms with Crippen LogP contribution in [0.5, 0.6) is 0 Å². The summed E-state index contributed by atoms with van der Waals surface area (Å²) in [5.74, 6) is 0. The first-order valence-electron chi connectivity index (χ1n) is 9.56. The SMILES string of the molecule is CCc1cc(-c2ccccn2)[n-]n1.[Ir].[c-]1ccccc1-c1nccc2ccccc12. The zero-order chi connectivity index (χ0) is 19.9. The van der Waals surface area contributed by atoms with Crippen LogP contribution < -0.4 is 5.10 Å². The van der Waals surface area contributed by atoms with Crippen LogP contribution in [0, 0.1) is 6.07 Å². The van der Waals surface area contributed by atoms with Gasteiger partial charge >= 0.3 is 0 Å². The molecule has 1 radical (unpaired) electrons. The molecule has 0 amide bonds. The largest absolute Gasteiger partial charge is 0.573 e. The maximum absolute atomic E-state index is 4.45. The van der Waals surface area contributed by atoms with Crippen molar-refractivity contribution in [2.45, 2.75) is 13.3 Å². The van der Waals surface area contributed by atoms with Crippen LogP contribution in [0.3, 0.4) is 0 Å². The molecule has 5 aromatic rings. The number of benzene rings is 2. The summed E-state index contributed by atoms with van der Waals surface area (Å²) >= 11 is 0. The normalized spacial score (nSPS) is 10.0. The number of fused-ring (bicyclic) bond motifs is 1. The number of hydrogen-bond donors (Lipinski definition) is 0. The smallest absolute Gasteiger partial charge is 0.0494 e. The first-order chi connectivity index (χ1) is 14.3. The molecular formula is C25H20IrN4-2. The van der Waals surface area contributed by atoms with E-state index in [1.54, 1.807) is 6.20 Å². The van der Waals surface area contributed by atoms with Crippen LogP contribution in [0.4, 0.5) is 0 Å². The molecule has 4 nitrogen and oxygen atoms in total. The third-order valence-electron chi connectivity index (χ3n) is 4.52. The maximum Gasteiger partial charge on any atom is 0.0494 e. The molecule has 0 spiro atoms. The minimum atomic E-state index is 0. The van der Waals surface area contributed by atoms with Gasteiger partial charge in [-0.05, 0) is 41.1 Å². The van der Waals surface area contributed by atoms with E-state index in [4.69, 9.17) is 0 Å². The predicted octanol–water partition coefficient (Wildman–Crippen LogP) is 5.36. The van der Waals surface area contributed by atoms with E-state index in [-0.39, 0.29) is 20.1 Å². The van der Waals surface area contributed by atoms with E-state index < -0.39 is 0 Å². The van der Waals surface area contributed by atoms with Gasteiger partial charge in [-0.15, -0.1) is 35.9 Å².